The second-order valence-electron chi connectivity index (χ2n) is 7.42. The summed E-state index contributed by atoms with van der Waals surface area (Å²) in [5.74, 6) is -1.05. The van der Waals surface area contributed by atoms with Crippen molar-refractivity contribution in [3.05, 3.63) is 24.3 Å². The van der Waals surface area contributed by atoms with Gasteiger partial charge in [-0.25, -0.2) is 8.42 Å². The van der Waals surface area contributed by atoms with Crippen molar-refractivity contribution >= 4 is 33.5 Å². The molecule has 4 rings (SSSR count). The first kappa shape index (κ1) is 19.1. The molecular weight excluding hydrogens is 384 g/mol. The molecule has 0 radical (unpaired) electrons. The zero-order valence-corrected chi connectivity index (χ0v) is 16.2. The number of imide groups is 1. The number of sulfonamides is 1. The Balaban J connectivity index is 1.66. The molecule has 8 nitrogen and oxygen atoms in total. The number of morpholine rings is 1. The zero-order chi connectivity index (χ0) is 19.9. The maximum atomic E-state index is 13.3. The van der Waals surface area contributed by atoms with Crippen molar-refractivity contribution < 1.29 is 27.5 Å². The maximum Gasteiger partial charge on any atom is 0.327 e. The number of hydrogen-bond donors (Lipinski definition) is 0. The van der Waals surface area contributed by atoms with Gasteiger partial charge >= 0.3 is 5.97 Å². The van der Waals surface area contributed by atoms with Crippen molar-refractivity contribution in [1.29, 1.82) is 0 Å². The Bertz CT molecular complexity index is 902. The zero-order valence-electron chi connectivity index (χ0n) is 15.4. The van der Waals surface area contributed by atoms with Crippen LogP contribution in [0.25, 0.3) is 0 Å². The van der Waals surface area contributed by atoms with Gasteiger partial charge in [-0.1, -0.05) is 19.3 Å². The van der Waals surface area contributed by atoms with Gasteiger partial charge in [0.1, 0.15) is 12.1 Å². The smallest absolute Gasteiger partial charge is 0.327 e. The molecule has 3 fully saturated rings. The Kier molecular flexibility index (Phi) is 4.75. The third-order valence-corrected chi connectivity index (χ3v) is 7.78. The average molecular weight is 406 g/mol. The SMILES string of the molecule is O=C1CCC(=O)N1c1ccc(S(=O)(=O)N2CCOC(=O)C23CCCCC3)cc1. The van der Waals surface area contributed by atoms with Gasteiger partial charge < -0.3 is 4.74 Å². The first-order valence-corrected chi connectivity index (χ1v) is 11.0. The van der Waals surface area contributed by atoms with Crippen LogP contribution in [-0.2, 0) is 29.1 Å². The Morgan fingerprint density at radius 2 is 1.50 bits per heavy atom. The number of rotatable bonds is 3. The fourth-order valence-electron chi connectivity index (χ4n) is 4.37. The number of nitrogens with zero attached hydrogens (tertiary/aromatic N) is 2. The molecular formula is C19H22N2O6S. The van der Waals surface area contributed by atoms with Gasteiger partial charge in [0.05, 0.1) is 10.6 Å². The van der Waals surface area contributed by atoms with Crippen molar-refractivity contribution in [2.45, 2.75) is 55.4 Å². The number of hydrogen-bond acceptors (Lipinski definition) is 6. The summed E-state index contributed by atoms with van der Waals surface area (Å²) < 4.78 is 33.2. The molecule has 9 heteroatoms. The minimum absolute atomic E-state index is 0.0364. The van der Waals surface area contributed by atoms with Gasteiger partial charge in [0.2, 0.25) is 21.8 Å². The molecule has 0 aromatic heterocycles. The molecule has 2 heterocycles. The second kappa shape index (κ2) is 6.97. The highest BCUT2D eigenvalue weighted by Gasteiger charge is 2.53. The molecule has 0 N–H and O–H groups in total. The van der Waals surface area contributed by atoms with Gasteiger partial charge in [0, 0.05) is 19.4 Å². The third-order valence-electron chi connectivity index (χ3n) is 5.80. The van der Waals surface area contributed by atoms with E-state index in [9.17, 15) is 22.8 Å². The molecule has 28 heavy (non-hydrogen) atoms. The Labute approximate surface area is 163 Å². The largest absolute Gasteiger partial charge is 0.463 e. The molecule has 1 aromatic carbocycles. The van der Waals surface area contributed by atoms with Crippen molar-refractivity contribution in [3.8, 4) is 0 Å². The van der Waals surface area contributed by atoms with Crippen LogP contribution >= 0.6 is 0 Å². The average Bonchev–Trinajstić information content (AvgIpc) is 3.03. The van der Waals surface area contributed by atoms with Crippen molar-refractivity contribution in [1.82, 2.24) is 4.31 Å². The summed E-state index contributed by atoms with van der Waals surface area (Å²) in [5.41, 5.74) is -0.772. The van der Waals surface area contributed by atoms with Crippen LogP contribution in [0.4, 0.5) is 5.69 Å². The van der Waals surface area contributed by atoms with Crippen LogP contribution in [0.2, 0.25) is 0 Å². The molecule has 1 aromatic rings. The monoisotopic (exact) mass is 406 g/mol. The van der Waals surface area contributed by atoms with Gasteiger partial charge in [-0.15, -0.1) is 0 Å². The highest BCUT2D eigenvalue weighted by atomic mass is 32.2. The maximum absolute atomic E-state index is 13.3. The Morgan fingerprint density at radius 3 is 2.11 bits per heavy atom. The van der Waals surface area contributed by atoms with E-state index in [-0.39, 0.29) is 42.7 Å². The van der Waals surface area contributed by atoms with Gasteiger partial charge in [-0.05, 0) is 37.1 Å². The molecule has 0 bridgehead atoms. The summed E-state index contributed by atoms with van der Waals surface area (Å²) in [6.07, 6.45) is 3.77. The van der Waals surface area contributed by atoms with Crippen LogP contribution in [-0.4, -0.2) is 49.2 Å². The van der Waals surface area contributed by atoms with Crippen molar-refractivity contribution in [3.63, 3.8) is 0 Å². The summed E-state index contributed by atoms with van der Waals surface area (Å²) in [6.45, 7) is 0.160. The second-order valence-corrected chi connectivity index (χ2v) is 9.28. The quantitative estimate of drug-likeness (QED) is 0.558. The van der Waals surface area contributed by atoms with E-state index in [0.29, 0.717) is 18.5 Å². The van der Waals surface area contributed by atoms with Crippen LogP contribution in [0.1, 0.15) is 44.9 Å². The standard InChI is InChI=1S/C19H22N2O6S/c22-16-8-9-17(23)21(16)14-4-6-15(7-5-14)28(25,26)20-12-13-27-18(24)19(20)10-2-1-3-11-19/h4-7H,1-3,8-13H2. The summed E-state index contributed by atoms with van der Waals surface area (Å²) in [7, 11) is -3.93. The molecule has 0 unspecified atom stereocenters. The fourth-order valence-corrected chi connectivity index (χ4v) is 6.14. The molecule has 0 atom stereocenters. The molecule has 2 saturated heterocycles. The summed E-state index contributed by atoms with van der Waals surface area (Å²) in [4.78, 5) is 37.4. The van der Waals surface area contributed by atoms with E-state index < -0.39 is 21.5 Å². The highest BCUT2D eigenvalue weighted by Crippen LogP contribution is 2.40. The highest BCUT2D eigenvalue weighted by molar-refractivity contribution is 7.89. The number of benzene rings is 1. The number of carbonyl (C=O) groups is 3. The van der Waals surface area contributed by atoms with E-state index in [1.54, 1.807) is 0 Å². The van der Waals surface area contributed by atoms with E-state index in [1.807, 2.05) is 0 Å². The molecule has 2 amide bonds. The fraction of sp³-hybridized carbons (Fsp3) is 0.526. The van der Waals surface area contributed by atoms with Crippen LogP contribution in [0.15, 0.2) is 29.2 Å². The molecule has 150 valence electrons. The molecule has 1 saturated carbocycles. The van der Waals surface area contributed by atoms with E-state index in [4.69, 9.17) is 4.74 Å². The van der Waals surface area contributed by atoms with Crippen LogP contribution < -0.4 is 4.90 Å². The number of esters is 1. The topological polar surface area (TPSA) is 101 Å². The van der Waals surface area contributed by atoms with Crippen molar-refractivity contribution in [2.75, 3.05) is 18.1 Å². The number of ether oxygens (including phenoxy) is 1. The first-order chi connectivity index (χ1) is 13.4. The van der Waals surface area contributed by atoms with Crippen LogP contribution in [0, 0.1) is 0 Å². The molecule has 1 aliphatic carbocycles. The number of cyclic esters (lactones) is 1. The summed E-state index contributed by atoms with van der Waals surface area (Å²) in [5, 5.41) is 0. The number of amides is 2. The first-order valence-electron chi connectivity index (χ1n) is 9.52. The Morgan fingerprint density at radius 1 is 0.893 bits per heavy atom. The van der Waals surface area contributed by atoms with E-state index >= 15 is 0 Å². The van der Waals surface area contributed by atoms with Gasteiger partial charge in [0.25, 0.3) is 0 Å². The number of carbonyl (C=O) groups excluding carboxylic acids is 3. The third kappa shape index (κ3) is 2.93. The number of anilines is 1. The van der Waals surface area contributed by atoms with Crippen molar-refractivity contribution in [2.24, 2.45) is 0 Å². The molecule has 1 spiro atoms. The normalized spacial score (nSPS) is 23.3. The Hall–Kier alpha value is -2.26. The molecule has 3 aliphatic rings. The van der Waals surface area contributed by atoms with Gasteiger partial charge in [-0.2, -0.15) is 4.31 Å². The van der Waals surface area contributed by atoms with Crippen LogP contribution in [0.5, 0.6) is 0 Å². The van der Waals surface area contributed by atoms with E-state index in [1.165, 1.54) is 28.6 Å². The lowest BCUT2D eigenvalue weighted by Crippen LogP contribution is -2.62. The van der Waals surface area contributed by atoms with Gasteiger partial charge in [0.15, 0.2) is 0 Å². The molecule has 2 aliphatic heterocycles. The minimum atomic E-state index is -3.93. The predicted molar refractivity (Wildman–Crippen MR) is 98.8 cm³/mol. The lowest BCUT2D eigenvalue weighted by atomic mass is 9.81. The van der Waals surface area contributed by atoms with Crippen LogP contribution in [0.3, 0.4) is 0 Å². The lowest BCUT2D eigenvalue weighted by molar-refractivity contribution is -0.165. The summed E-state index contributed by atoms with van der Waals surface area (Å²) in [6, 6.07) is 5.70. The van der Waals surface area contributed by atoms with E-state index in [0.717, 1.165) is 24.2 Å². The minimum Gasteiger partial charge on any atom is -0.463 e. The van der Waals surface area contributed by atoms with Gasteiger partial charge in [-0.3, -0.25) is 19.3 Å². The lowest BCUT2D eigenvalue weighted by Gasteiger charge is -2.45. The predicted octanol–water partition coefficient (Wildman–Crippen LogP) is 1.59. The van der Waals surface area contributed by atoms with E-state index in [2.05, 4.69) is 0 Å². The summed E-state index contributed by atoms with van der Waals surface area (Å²) >= 11 is 0.